The van der Waals surface area contributed by atoms with E-state index in [1.165, 1.54) is 0 Å². The molecule has 2 aromatic rings. The Kier molecular flexibility index (Phi) is 6.57. The summed E-state index contributed by atoms with van der Waals surface area (Å²) < 4.78 is 5.51. The fourth-order valence-corrected chi connectivity index (χ4v) is 2.46. The molecule has 2 amide bonds. The number of nitrogens with one attached hydrogen (secondary N) is 2. The molecular weight excluding hydrogens is 306 g/mol. The Morgan fingerprint density at radius 2 is 1.92 bits per heavy atom. The smallest absolute Gasteiger partial charge is 0.275 e. The highest BCUT2D eigenvalue weighted by Crippen LogP contribution is 2.18. The van der Waals surface area contributed by atoms with Crippen LogP contribution >= 0.6 is 0 Å². The van der Waals surface area contributed by atoms with Gasteiger partial charge in [-0.05, 0) is 26.0 Å². The van der Waals surface area contributed by atoms with E-state index in [4.69, 9.17) is 4.42 Å². The van der Waals surface area contributed by atoms with Gasteiger partial charge in [0.05, 0.1) is 6.26 Å². The molecule has 0 saturated heterocycles. The summed E-state index contributed by atoms with van der Waals surface area (Å²) in [6.07, 6.45) is 1.62. The molecule has 0 spiro atoms. The average molecular weight is 330 g/mol. The number of nitrogens with two attached hydrogens (primary N) is 1. The minimum absolute atomic E-state index is 0.105. The third-order valence-electron chi connectivity index (χ3n) is 3.67. The van der Waals surface area contributed by atoms with Crippen molar-refractivity contribution in [1.82, 2.24) is 10.6 Å². The second-order valence-electron chi connectivity index (χ2n) is 5.53. The number of carbonyl (C=O) groups is 2. The van der Waals surface area contributed by atoms with Gasteiger partial charge in [-0.2, -0.15) is 0 Å². The molecular formula is C18H24N3O3+. The fraction of sp³-hybridized carbons (Fsp3) is 0.333. The Morgan fingerprint density at radius 3 is 2.54 bits per heavy atom. The second-order valence-corrected chi connectivity index (χ2v) is 5.53. The molecule has 1 aromatic carbocycles. The topological polar surface area (TPSA) is 88.0 Å². The monoisotopic (exact) mass is 330 g/mol. The number of likely N-dealkylation sites (N-methyl/N-ethyl adjacent to an activating group) is 1. The molecule has 0 radical (unpaired) electrons. The van der Waals surface area contributed by atoms with Crippen LogP contribution in [0.5, 0.6) is 0 Å². The summed E-state index contributed by atoms with van der Waals surface area (Å²) in [6, 6.07) is 12.9. The van der Waals surface area contributed by atoms with Crippen molar-refractivity contribution in [3.8, 4) is 0 Å². The van der Waals surface area contributed by atoms with Gasteiger partial charge in [-0.3, -0.25) is 9.59 Å². The summed E-state index contributed by atoms with van der Waals surface area (Å²) >= 11 is 0. The van der Waals surface area contributed by atoms with Crippen molar-refractivity contribution in [2.24, 2.45) is 0 Å². The number of amides is 2. The van der Waals surface area contributed by atoms with Gasteiger partial charge in [0, 0.05) is 12.1 Å². The predicted octanol–water partition coefficient (Wildman–Crippen LogP) is 0.573. The van der Waals surface area contributed by atoms with Crippen LogP contribution in [-0.2, 0) is 9.59 Å². The summed E-state index contributed by atoms with van der Waals surface area (Å²) in [5.74, 6) is 0.406. The molecule has 2 atom stereocenters. The Morgan fingerprint density at radius 1 is 1.17 bits per heavy atom. The van der Waals surface area contributed by atoms with Gasteiger partial charge >= 0.3 is 0 Å². The van der Waals surface area contributed by atoms with Crippen molar-refractivity contribution in [3.05, 3.63) is 60.1 Å². The molecule has 0 aliphatic carbocycles. The van der Waals surface area contributed by atoms with Crippen molar-refractivity contribution in [2.75, 3.05) is 13.1 Å². The van der Waals surface area contributed by atoms with Crippen LogP contribution in [0.2, 0.25) is 0 Å². The first-order valence-electron chi connectivity index (χ1n) is 8.10. The SMILES string of the molecule is CCNC(=O)[C@H](C)NC(=O)C[NH2+][C@@H](c1ccccc1)c1ccco1. The zero-order valence-electron chi connectivity index (χ0n) is 14.0. The first kappa shape index (κ1) is 17.7. The van der Waals surface area contributed by atoms with E-state index in [9.17, 15) is 9.59 Å². The lowest BCUT2D eigenvalue weighted by Gasteiger charge is -2.16. The van der Waals surface area contributed by atoms with Crippen molar-refractivity contribution >= 4 is 11.8 Å². The summed E-state index contributed by atoms with van der Waals surface area (Å²) in [5.41, 5.74) is 1.05. The molecule has 0 fully saturated rings. The maximum absolute atomic E-state index is 12.1. The number of hydrogen-bond donors (Lipinski definition) is 3. The van der Waals surface area contributed by atoms with Gasteiger partial charge in [0.25, 0.3) is 5.91 Å². The van der Waals surface area contributed by atoms with Crippen molar-refractivity contribution in [2.45, 2.75) is 25.9 Å². The van der Waals surface area contributed by atoms with E-state index in [0.29, 0.717) is 6.54 Å². The number of benzene rings is 1. The molecule has 6 nitrogen and oxygen atoms in total. The maximum Gasteiger partial charge on any atom is 0.275 e. The number of rotatable bonds is 8. The minimum Gasteiger partial charge on any atom is -0.463 e. The zero-order valence-corrected chi connectivity index (χ0v) is 14.0. The van der Waals surface area contributed by atoms with E-state index in [0.717, 1.165) is 11.3 Å². The molecule has 1 heterocycles. The average Bonchev–Trinajstić information content (AvgIpc) is 3.10. The maximum atomic E-state index is 12.1. The first-order chi connectivity index (χ1) is 11.6. The molecule has 0 unspecified atom stereocenters. The summed E-state index contributed by atoms with van der Waals surface area (Å²) in [4.78, 5) is 23.8. The molecule has 1 aromatic heterocycles. The van der Waals surface area contributed by atoms with E-state index < -0.39 is 6.04 Å². The molecule has 4 N–H and O–H groups in total. The predicted molar refractivity (Wildman–Crippen MR) is 90.1 cm³/mol. The van der Waals surface area contributed by atoms with Gasteiger partial charge in [0.2, 0.25) is 5.91 Å². The quantitative estimate of drug-likeness (QED) is 0.661. The van der Waals surface area contributed by atoms with E-state index in [1.807, 2.05) is 54.7 Å². The Hall–Kier alpha value is -2.60. The second kappa shape index (κ2) is 8.88. The van der Waals surface area contributed by atoms with Crippen LogP contribution in [0.25, 0.3) is 0 Å². The highest BCUT2D eigenvalue weighted by Gasteiger charge is 2.22. The lowest BCUT2D eigenvalue weighted by atomic mass is 10.0. The lowest BCUT2D eigenvalue weighted by Crippen LogP contribution is -2.88. The van der Waals surface area contributed by atoms with Gasteiger partial charge in [-0.1, -0.05) is 30.3 Å². The standard InChI is InChI=1S/C18H23N3O3/c1-3-19-18(23)13(2)21-16(22)12-20-17(15-10-7-11-24-15)14-8-5-4-6-9-14/h4-11,13,17,20H,3,12H2,1-2H3,(H,19,23)(H,21,22)/p+1/t13-,17-/m0/s1. The summed E-state index contributed by atoms with van der Waals surface area (Å²) in [7, 11) is 0. The number of hydrogen-bond acceptors (Lipinski definition) is 3. The van der Waals surface area contributed by atoms with E-state index in [-0.39, 0.29) is 24.4 Å². The van der Waals surface area contributed by atoms with Crippen LogP contribution in [-0.4, -0.2) is 30.9 Å². The summed E-state index contributed by atoms with van der Waals surface area (Å²) in [6.45, 7) is 4.25. The van der Waals surface area contributed by atoms with E-state index in [1.54, 1.807) is 13.2 Å². The van der Waals surface area contributed by atoms with Crippen LogP contribution < -0.4 is 16.0 Å². The van der Waals surface area contributed by atoms with Gasteiger partial charge < -0.3 is 20.4 Å². The minimum atomic E-state index is -0.551. The Bertz CT molecular complexity index is 641. The molecule has 6 heteroatoms. The molecule has 2 rings (SSSR count). The molecule has 0 aliphatic rings. The Labute approximate surface area is 141 Å². The first-order valence-corrected chi connectivity index (χ1v) is 8.10. The summed E-state index contributed by atoms with van der Waals surface area (Å²) in [5, 5.41) is 7.29. The normalized spacial score (nSPS) is 13.1. The fourth-order valence-electron chi connectivity index (χ4n) is 2.46. The molecule has 24 heavy (non-hydrogen) atoms. The lowest BCUT2D eigenvalue weighted by molar-refractivity contribution is -0.678. The van der Waals surface area contributed by atoms with Crippen LogP contribution in [0.15, 0.2) is 53.1 Å². The van der Waals surface area contributed by atoms with Crippen molar-refractivity contribution in [1.29, 1.82) is 0 Å². The largest absolute Gasteiger partial charge is 0.463 e. The van der Waals surface area contributed by atoms with Gasteiger partial charge in [0.1, 0.15) is 6.04 Å². The van der Waals surface area contributed by atoms with Gasteiger partial charge in [-0.15, -0.1) is 0 Å². The van der Waals surface area contributed by atoms with E-state index >= 15 is 0 Å². The number of carbonyl (C=O) groups excluding carboxylic acids is 2. The molecule has 0 aliphatic heterocycles. The Balaban J connectivity index is 1.96. The van der Waals surface area contributed by atoms with Crippen LogP contribution in [0.1, 0.15) is 31.2 Å². The molecule has 0 saturated carbocycles. The highest BCUT2D eigenvalue weighted by atomic mass is 16.3. The number of quaternary nitrogens is 1. The van der Waals surface area contributed by atoms with Crippen LogP contribution in [0.3, 0.4) is 0 Å². The van der Waals surface area contributed by atoms with E-state index in [2.05, 4.69) is 10.6 Å². The van der Waals surface area contributed by atoms with Crippen LogP contribution in [0, 0.1) is 0 Å². The number of furan rings is 1. The van der Waals surface area contributed by atoms with Crippen molar-refractivity contribution in [3.63, 3.8) is 0 Å². The van der Waals surface area contributed by atoms with Crippen LogP contribution in [0.4, 0.5) is 0 Å². The molecule has 128 valence electrons. The third-order valence-corrected chi connectivity index (χ3v) is 3.67. The third kappa shape index (κ3) is 4.96. The highest BCUT2D eigenvalue weighted by molar-refractivity contribution is 5.87. The zero-order chi connectivity index (χ0) is 17.4. The van der Waals surface area contributed by atoms with Crippen molar-refractivity contribution < 1.29 is 19.3 Å². The van der Waals surface area contributed by atoms with Gasteiger partial charge in [0.15, 0.2) is 18.3 Å². The molecule has 0 bridgehead atoms. The van der Waals surface area contributed by atoms with Gasteiger partial charge in [-0.25, -0.2) is 0 Å².